The zero-order chi connectivity index (χ0) is 13.0. The van der Waals surface area contributed by atoms with E-state index in [0.717, 1.165) is 31.2 Å². The van der Waals surface area contributed by atoms with Crippen molar-refractivity contribution < 1.29 is 9.90 Å². The molecule has 1 aliphatic rings. The first-order chi connectivity index (χ1) is 8.59. The van der Waals surface area contributed by atoms with Gasteiger partial charge in [0.05, 0.1) is 5.60 Å². The first kappa shape index (κ1) is 13.1. The van der Waals surface area contributed by atoms with Crippen LogP contribution in [-0.4, -0.2) is 28.1 Å². The lowest BCUT2D eigenvalue weighted by Crippen LogP contribution is -2.42. The maximum Gasteiger partial charge on any atom is 0.219 e. The average Bonchev–Trinajstić information content (AvgIpc) is 2.76. The van der Waals surface area contributed by atoms with Gasteiger partial charge in [-0.2, -0.15) is 0 Å². The van der Waals surface area contributed by atoms with Crippen LogP contribution >= 0.6 is 0 Å². The lowest BCUT2D eigenvalue weighted by atomic mass is 10.0. The highest BCUT2D eigenvalue weighted by atomic mass is 16.3. The van der Waals surface area contributed by atoms with Crippen LogP contribution in [0.25, 0.3) is 0 Å². The van der Waals surface area contributed by atoms with E-state index < -0.39 is 5.60 Å². The normalized spacial score (nSPS) is 17.7. The second-order valence-electron chi connectivity index (χ2n) is 5.29. The molecule has 18 heavy (non-hydrogen) atoms. The van der Waals surface area contributed by atoms with Gasteiger partial charge in [-0.1, -0.05) is 43.2 Å². The first-order valence-electron chi connectivity index (χ1n) is 6.61. The van der Waals surface area contributed by atoms with Gasteiger partial charge in [0.2, 0.25) is 5.91 Å². The molecule has 0 aliphatic heterocycles. The molecular weight excluding hydrogens is 226 g/mol. The second kappa shape index (κ2) is 5.53. The van der Waals surface area contributed by atoms with E-state index in [2.05, 4.69) is 0 Å². The van der Waals surface area contributed by atoms with Crippen LogP contribution in [-0.2, 0) is 11.3 Å². The van der Waals surface area contributed by atoms with Gasteiger partial charge in [-0.05, 0) is 18.4 Å². The molecule has 0 radical (unpaired) electrons. The number of carbonyl (C=O) groups excluding carboxylic acids is 1. The number of aliphatic hydroxyl groups is 1. The van der Waals surface area contributed by atoms with Crippen LogP contribution in [0.2, 0.25) is 0 Å². The molecule has 98 valence electrons. The molecule has 0 atom stereocenters. The van der Waals surface area contributed by atoms with Crippen LogP contribution in [0.15, 0.2) is 30.3 Å². The van der Waals surface area contributed by atoms with Crippen molar-refractivity contribution in [3.8, 4) is 0 Å². The largest absolute Gasteiger partial charge is 0.388 e. The van der Waals surface area contributed by atoms with Crippen molar-refractivity contribution in [1.29, 1.82) is 0 Å². The van der Waals surface area contributed by atoms with Crippen molar-refractivity contribution in [2.45, 2.75) is 44.8 Å². The van der Waals surface area contributed by atoms with Crippen molar-refractivity contribution in [1.82, 2.24) is 4.90 Å². The van der Waals surface area contributed by atoms with Crippen molar-refractivity contribution in [3.05, 3.63) is 35.9 Å². The predicted octanol–water partition coefficient (Wildman–Crippen LogP) is 2.34. The minimum atomic E-state index is -0.666. The Bertz CT molecular complexity index is 396. The summed E-state index contributed by atoms with van der Waals surface area (Å²) in [4.78, 5) is 13.4. The fourth-order valence-electron chi connectivity index (χ4n) is 2.63. The smallest absolute Gasteiger partial charge is 0.219 e. The molecule has 0 aromatic heterocycles. The molecule has 1 aliphatic carbocycles. The van der Waals surface area contributed by atoms with Gasteiger partial charge in [0.1, 0.15) is 0 Å². The van der Waals surface area contributed by atoms with Gasteiger partial charge >= 0.3 is 0 Å². The number of hydrogen-bond donors (Lipinski definition) is 1. The molecule has 3 nitrogen and oxygen atoms in total. The van der Waals surface area contributed by atoms with E-state index in [9.17, 15) is 9.90 Å². The Morgan fingerprint density at radius 1 is 1.28 bits per heavy atom. The van der Waals surface area contributed by atoms with Crippen molar-refractivity contribution in [2.24, 2.45) is 0 Å². The van der Waals surface area contributed by atoms with Gasteiger partial charge in [-0.15, -0.1) is 0 Å². The Morgan fingerprint density at radius 3 is 2.44 bits per heavy atom. The molecule has 0 spiro atoms. The van der Waals surface area contributed by atoms with Crippen molar-refractivity contribution >= 4 is 5.91 Å². The number of amides is 1. The van der Waals surface area contributed by atoms with Crippen molar-refractivity contribution in [3.63, 3.8) is 0 Å². The molecule has 1 saturated carbocycles. The quantitative estimate of drug-likeness (QED) is 0.887. The van der Waals surface area contributed by atoms with Gasteiger partial charge < -0.3 is 10.0 Å². The van der Waals surface area contributed by atoms with Crippen LogP contribution < -0.4 is 0 Å². The third kappa shape index (κ3) is 3.33. The fraction of sp³-hybridized carbons (Fsp3) is 0.533. The molecule has 1 N–H and O–H groups in total. The third-order valence-corrected chi connectivity index (χ3v) is 3.68. The summed E-state index contributed by atoms with van der Waals surface area (Å²) in [6.07, 6.45) is 3.75. The number of benzene rings is 1. The van der Waals surface area contributed by atoms with Crippen LogP contribution in [0, 0.1) is 0 Å². The minimum absolute atomic E-state index is 0.0270. The van der Waals surface area contributed by atoms with Crippen LogP contribution in [0.1, 0.15) is 38.2 Å². The molecule has 1 aromatic rings. The Morgan fingerprint density at radius 2 is 1.89 bits per heavy atom. The summed E-state index contributed by atoms with van der Waals surface area (Å²) in [5, 5.41) is 10.4. The molecule has 1 amide bonds. The first-order valence-corrected chi connectivity index (χ1v) is 6.61. The lowest BCUT2D eigenvalue weighted by molar-refractivity contribution is -0.133. The van der Waals surface area contributed by atoms with Gasteiger partial charge in [-0.3, -0.25) is 4.79 Å². The summed E-state index contributed by atoms with van der Waals surface area (Å²) in [6, 6.07) is 9.92. The Hall–Kier alpha value is -1.35. The monoisotopic (exact) mass is 247 g/mol. The summed E-state index contributed by atoms with van der Waals surface area (Å²) in [5.74, 6) is 0.0270. The zero-order valence-electron chi connectivity index (χ0n) is 10.9. The third-order valence-electron chi connectivity index (χ3n) is 3.68. The van der Waals surface area contributed by atoms with Crippen molar-refractivity contribution in [2.75, 3.05) is 6.54 Å². The number of carbonyl (C=O) groups is 1. The van der Waals surface area contributed by atoms with E-state index in [1.165, 1.54) is 0 Å². The SMILES string of the molecule is CC(=O)N(Cc1ccccc1)CC1(O)CCCC1. The Balaban J connectivity index is 2.02. The van der Waals surface area contributed by atoms with E-state index in [4.69, 9.17) is 0 Å². The Labute approximate surface area is 108 Å². The van der Waals surface area contributed by atoms with E-state index in [1.54, 1.807) is 11.8 Å². The van der Waals surface area contributed by atoms with E-state index in [1.807, 2.05) is 30.3 Å². The number of nitrogens with zero attached hydrogens (tertiary/aromatic N) is 1. The van der Waals surface area contributed by atoms with Crippen LogP contribution in [0.4, 0.5) is 0 Å². The van der Waals surface area contributed by atoms with Gasteiger partial charge in [0.15, 0.2) is 0 Å². The summed E-state index contributed by atoms with van der Waals surface area (Å²) in [5.41, 5.74) is 0.440. The van der Waals surface area contributed by atoms with E-state index >= 15 is 0 Å². The van der Waals surface area contributed by atoms with E-state index in [0.29, 0.717) is 13.1 Å². The molecule has 1 aromatic carbocycles. The highest BCUT2D eigenvalue weighted by Crippen LogP contribution is 2.30. The van der Waals surface area contributed by atoms with Gasteiger partial charge in [-0.25, -0.2) is 0 Å². The zero-order valence-corrected chi connectivity index (χ0v) is 10.9. The summed E-state index contributed by atoms with van der Waals surface area (Å²) in [6.45, 7) is 2.61. The second-order valence-corrected chi connectivity index (χ2v) is 5.29. The highest BCUT2D eigenvalue weighted by Gasteiger charge is 2.33. The summed E-state index contributed by atoms with van der Waals surface area (Å²) < 4.78 is 0. The topological polar surface area (TPSA) is 40.5 Å². The minimum Gasteiger partial charge on any atom is -0.388 e. The lowest BCUT2D eigenvalue weighted by Gasteiger charge is -2.30. The molecular formula is C15H21NO2. The number of rotatable bonds is 4. The predicted molar refractivity (Wildman–Crippen MR) is 71.0 cm³/mol. The molecule has 0 heterocycles. The van der Waals surface area contributed by atoms with Crippen LogP contribution in [0.5, 0.6) is 0 Å². The summed E-state index contributed by atoms with van der Waals surface area (Å²) >= 11 is 0. The highest BCUT2D eigenvalue weighted by molar-refractivity contribution is 5.73. The molecule has 3 heteroatoms. The van der Waals surface area contributed by atoms with Gasteiger partial charge in [0.25, 0.3) is 0 Å². The maximum absolute atomic E-state index is 11.7. The molecule has 0 unspecified atom stereocenters. The standard InChI is InChI=1S/C15H21NO2/c1-13(17)16(11-14-7-3-2-4-8-14)12-15(18)9-5-6-10-15/h2-4,7-8,18H,5-6,9-12H2,1H3. The van der Waals surface area contributed by atoms with Crippen LogP contribution in [0.3, 0.4) is 0 Å². The Kier molecular flexibility index (Phi) is 4.02. The maximum atomic E-state index is 11.7. The summed E-state index contributed by atoms with van der Waals surface area (Å²) in [7, 11) is 0. The van der Waals surface area contributed by atoms with E-state index in [-0.39, 0.29) is 5.91 Å². The number of hydrogen-bond acceptors (Lipinski definition) is 2. The molecule has 0 saturated heterocycles. The fourth-order valence-corrected chi connectivity index (χ4v) is 2.63. The average molecular weight is 247 g/mol. The van der Waals surface area contributed by atoms with Gasteiger partial charge in [0, 0.05) is 20.0 Å². The molecule has 2 rings (SSSR count). The molecule has 0 bridgehead atoms. The molecule has 1 fully saturated rings.